The van der Waals surface area contributed by atoms with Crippen LogP contribution in [0.5, 0.6) is 0 Å². The Morgan fingerprint density at radius 2 is 2.19 bits per heavy atom. The number of fused-ring (bicyclic) bond motifs is 1. The van der Waals surface area contributed by atoms with E-state index in [0.29, 0.717) is 5.01 Å². The van der Waals surface area contributed by atoms with Crippen molar-refractivity contribution in [2.75, 3.05) is 0 Å². The summed E-state index contributed by atoms with van der Waals surface area (Å²) in [4.78, 5) is 26.8. The number of carboxylic acid groups (broad SMARTS) is 1. The summed E-state index contributed by atoms with van der Waals surface area (Å²) in [7, 11) is 0. The number of benzene rings is 1. The number of nitrogens with zero attached hydrogens (tertiary/aromatic N) is 1. The summed E-state index contributed by atoms with van der Waals surface area (Å²) in [5.74, 6) is -1.88. The van der Waals surface area contributed by atoms with Gasteiger partial charge in [0.25, 0.3) is 0 Å². The van der Waals surface area contributed by atoms with Crippen molar-refractivity contribution in [3.05, 3.63) is 29.3 Å². The maximum absolute atomic E-state index is 11.4. The molecule has 1 unspecified atom stereocenters. The van der Waals surface area contributed by atoms with Crippen molar-refractivity contribution in [3.8, 4) is 0 Å². The third-order valence-electron chi connectivity index (χ3n) is 2.62. The van der Waals surface area contributed by atoms with Crippen molar-refractivity contribution in [1.82, 2.24) is 10.3 Å². The molecule has 1 amide bonds. The van der Waals surface area contributed by atoms with Crippen LogP contribution in [0.4, 0.5) is 0 Å². The van der Waals surface area contributed by atoms with Crippen LogP contribution in [0.15, 0.2) is 24.3 Å². The Hall–Kier alpha value is -2.03. The van der Waals surface area contributed by atoms with Crippen LogP contribution < -0.4 is 11.1 Å². The van der Waals surface area contributed by atoms with Crippen LogP contribution in [0.25, 0.3) is 10.2 Å². The summed E-state index contributed by atoms with van der Waals surface area (Å²) in [6.07, 6.45) is -1.45. The van der Waals surface area contributed by atoms with E-state index in [-0.39, 0.29) is 6.61 Å². The number of thiazole rings is 1. The van der Waals surface area contributed by atoms with Gasteiger partial charge in [-0.2, -0.15) is 0 Å². The maximum Gasteiger partial charge on any atom is 0.354 e. The number of amides is 1. The molecule has 4 N–H and O–H groups in total. The number of nitrogens with two attached hydrogens (primary N) is 1. The summed E-state index contributed by atoms with van der Waals surface area (Å²) >= 11 is 1.41. The fraction of sp³-hybridized carbons (Fsp3) is 0.308. The Morgan fingerprint density at radius 1 is 1.48 bits per heavy atom. The highest BCUT2D eigenvalue weighted by atomic mass is 32.1. The van der Waals surface area contributed by atoms with Crippen LogP contribution >= 0.6 is 11.3 Å². The number of para-hydroxylation sites is 1. The minimum Gasteiger partial charge on any atom is -0.478 e. The molecule has 0 spiro atoms. The molecule has 0 bridgehead atoms. The molecule has 112 valence electrons. The first kappa shape index (κ1) is 15.4. The van der Waals surface area contributed by atoms with Gasteiger partial charge in [0.2, 0.25) is 12.1 Å². The van der Waals surface area contributed by atoms with Gasteiger partial charge in [0.1, 0.15) is 11.6 Å². The van der Waals surface area contributed by atoms with Crippen molar-refractivity contribution in [2.45, 2.75) is 25.8 Å². The summed E-state index contributed by atoms with van der Waals surface area (Å²) < 4.78 is 6.19. The molecule has 0 saturated heterocycles. The number of carbonyl (C=O) groups is 2. The predicted molar refractivity (Wildman–Crippen MR) is 77.6 cm³/mol. The summed E-state index contributed by atoms with van der Waals surface area (Å²) in [5, 5.41) is 11.9. The number of ether oxygens (including phenoxy) is 1. The molecule has 0 aliphatic rings. The van der Waals surface area contributed by atoms with Crippen molar-refractivity contribution < 1.29 is 19.4 Å². The zero-order valence-corrected chi connectivity index (χ0v) is 12.1. The van der Waals surface area contributed by atoms with E-state index in [0.717, 1.165) is 10.2 Å². The summed E-state index contributed by atoms with van der Waals surface area (Å²) in [5.41, 5.74) is 6.20. The first-order valence-corrected chi connectivity index (χ1v) is 7.04. The minimum absolute atomic E-state index is 0.00442. The smallest absolute Gasteiger partial charge is 0.354 e. The molecule has 0 saturated carbocycles. The number of carbonyl (C=O) groups excluding carboxylic acids is 1. The quantitative estimate of drug-likeness (QED) is 0.676. The molecule has 2 rings (SSSR count). The standard InChI is InChI=1S/C13H15N3O4S/c1-7(14)11(17)16-12(13(18)19)20-6-10-15-8-4-2-3-5-9(8)21-10/h2-5,7,12H,6,14H2,1H3,(H,16,17)(H,18,19)/t7-,12?/m0/s1. The highest BCUT2D eigenvalue weighted by molar-refractivity contribution is 7.18. The Labute approximate surface area is 124 Å². The topological polar surface area (TPSA) is 115 Å². The van der Waals surface area contributed by atoms with E-state index in [9.17, 15) is 9.59 Å². The van der Waals surface area contributed by atoms with Gasteiger partial charge in [0.15, 0.2) is 0 Å². The Morgan fingerprint density at radius 3 is 2.81 bits per heavy atom. The minimum atomic E-state index is -1.45. The van der Waals surface area contributed by atoms with E-state index in [1.165, 1.54) is 18.3 Å². The molecule has 2 aromatic rings. The lowest BCUT2D eigenvalue weighted by molar-refractivity contribution is -0.156. The average molecular weight is 309 g/mol. The van der Waals surface area contributed by atoms with Gasteiger partial charge in [0, 0.05) is 0 Å². The molecule has 7 nitrogen and oxygen atoms in total. The van der Waals surface area contributed by atoms with E-state index in [1.807, 2.05) is 24.3 Å². The molecule has 1 heterocycles. The van der Waals surface area contributed by atoms with Crippen molar-refractivity contribution >= 4 is 33.4 Å². The van der Waals surface area contributed by atoms with E-state index in [2.05, 4.69) is 10.3 Å². The van der Waals surface area contributed by atoms with Gasteiger partial charge in [-0.3, -0.25) is 4.79 Å². The molecule has 2 atom stereocenters. The first-order chi connectivity index (χ1) is 9.97. The lowest BCUT2D eigenvalue weighted by atomic mass is 10.3. The number of rotatable bonds is 6. The second-order valence-corrected chi connectivity index (χ2v) is 5.52. The molecular weight excluding hydrogens is 294 g/mol. The number of hydrogen-bond donors (Lipinski definition) is 3. The van der Waals surface area contributed by atoms with E-state index < -0.39 is 24.1 Å². The molecule has 1 aromatic carbocycles. The summed E-state index contributed by atoms with van der Waals surface area (Å²) in [6, 6.07) is 6.74. The van der Waals surface area contributed by atoms with Crippen LogP contribution in [0.1, 0.15) is 11.9 Å². The first-order valence-electron chi connectivity index (χ1n) is 6.22. The van der Waals surface area contributed by atoms with Gasteiger partial charge in [0.05, 0.1) is 16.3 Å². The lowest BCUT2D eigenvalue weighted by Crippen LogP contribution is -2.48. The second kappa shape index (κ2) is 6.61. The van der Waals surface area contributed by atoms with Gasteiger partial charge in [-0.05, 0) is 19.1 Å². The number of nitrogens with one attached hydrogen (secondary N) is 1. The maximum atomic E-state index is 11.4. The molecular formula is C13H15N3O4S. The number of hydrogen-bond acceptors (Lipinski definition) is 6. The molecule has 21 heavy (non-hydrogen) atoms. The van der Waals surface area contributed by atoms with Gasteiger partial charge in [-0.25, -0.2) is 9.78 Å². The van der Waals surface area contributed by atoms with Crippen LogP contribution in [0.2, 0.25) is 0 Å². The molecule has 0 fully saturated rings. The Bertz CT molecular complexity index is 623. The van der Waals surface area contributed by atoms with Gasteiger partial charge in [-0.15, -0.1) is 11.3 Å². The Balaban J connectivity index is 2.01. The fourth-order valence-corrected chi connectivity index (χ4v) is 2.46. The SMILES string of the molecule is C[C@H](N)C(=O)NC(OCc1nc2ccccc2s1)C(=O)O. The molecule has 0 aliphatic heterocycles. The van der Waals surface area contributed by atoms with Crippen LogP contribution in [0.3, 0.4) is 0 Å². The van der Waals surface area contributed by atoms with Gasteiger partial charge < -0.3 is 20.9 Å². The van der Waals surface area contributed by atoms with E-state index in [1.54, 1.807) is 0 Å². The number of carboxylic acids is 1. The van der Waals surface area contributed by atoms with Crippen LogP contribution in [0, 0.1) is 0 Å². The van der Waals surface area contributed by atoms with Gasteiger partial charge >= 0.3 is 5.97 Å². The highest BCUT2D eigenvalue weighted by Crippen LogP contribution is 2.22. The molecule has 0 radical (unpaired) electrons. The second-order valence-electron chi connectivity index (χ2n) is 4.40. The van der Waals surface area contributed by atoms with Gasteiger partial charge in [-0.1, -0.05) is 12.1 Å². The third kappa shape index (κ3) is 3.97. The zero-order chi connectivity index (χ0) is 15.4. The average Bonchev–Trinajstić information content (AvgIpc) is 2.85. The van der Waals surface area contributed by atoms with Crippen molar-refractivity contribution in [3.63, 3.8) is 0 Å². The third-order valence-corrected chi connectivity index (χ3v) is 3.63. The van der Waals surface area contributed by atoms with Crippen LogP contribution in [-0.2, 0) is 20.9 Å². The lowest BCUT2D eigenvalue weighted by Gasteiger charge is -2.15. The Kier molecular flexibility index (Phi) is 4.84. The number of aliphatic carboxylic acids is 1. The summed E-state index contributed by atoms with van der Waals surface area (Å²) in [6.45, 7) is 1.46. The fourth-order valence-electron chi connectivity index (χ4n) is 1.57. The van der Waals surface area contributed by atoms with Crippen molar-refractivity contribution in [1.29, 1.82) is 0 Å². The normalized spacial score (nSPS) is 13.8. The largest absolute Gasteiger partial charge is 0.478 e. The van der Waals surface area contributed by atoms with Crippen LogP contribution in [-0.4, -0.2) is 34.2 Å². The number of aromatic nitrogens is 1. The van der Waals surface area contributed by atoms with E-state index in [4.69, 9.17) is 15.6 Å². The monoisotopic (exact) mass is 309 g/mol. The highest BCUT2D eigenvalue weighted by Gasteiger charge is 2.22. The predicted octanol–water partition coefficient (Wildman–Crippen LogP) is 0.687. The van der Waals surface area contributed by atoms with Crippen molar-refractivity contribution in [2.24, 2.45) is 5.73 Å². The molecule has 8 heteroatoms. The van der Waals surface area contributed by atoms with E-state index >= 15 is 0 Å². The zero-order valence-electron chi connectivity index (χ0n) is 11.3. The molecule has 0 aliphatic carbocycles. The molecule has 1 aromatic heterocycles.